The fraction of sp³-hybridized carbons (Fsp3) is 0.478. The summed E-state index contributed by atoms with van der Waals surface area (Å²) in [7, 11) is 0. The van der Waals surface area contributed by atoms with E-state index in [1.807, 2.05) is 24.3 Å². The molecule has 2 aromatic heterocycles. The lowest BCUT2D eigenvalue weighted by Gasteiger charge is -2.27. The summed E-state index contributed by atoms with van der Waals surface area (Å²) < 4.78 is 30.4. The summed E-state index contributed by atoms with van der Waals surface area (Å²) in [5.74, 6) is 1.77. The number of alkyl halides is 2. The molecule has 0 N–H and O–H groups in total. The number of hydrogen-bond donors (Lipinski definition) is 0. The second kappa shape index (κ2) is 8.98. The van der Waals surface area contributed by atoms with Gasteiger partial charge in [0.25, 0.3) is 0 Å². The Morgan fingerprint density at radius 1 is 1.17 bits per heavy atom. The third kappa shape index (κ3) is 4.89. The smallest absolute Gasteiger partial charge is 0.238 e. The zero-order valence-electron chi connectivity index (χ0n) is 17.0. The molecule has 1 saturated carbocycles. The fourth-order valence-corrected chi connectivity index (χ4v) is 4.28. The Morgan fingerprint density at radius 2 is 1.97 bits per heavy atom. The van der Waals surface area contributed by atoms with E-state index in [9.17, 15) is 13.6 Å². The van der Waals surface area contributed by atoms with Gasteiger partial charge < -0.3 is 4.42 Å². The number of carbonyl (C=O) groups is 1. The first-order valence-electron chi connectivity index (χ1n) is 10.5. The van der Waals surface area contributed by atoms with Crippen molar-refractivity contribution in [3.8, 4) is 11.3 Å². The summed E-state index contributed by atoms with van der Waals surface area (Å²) in [4.78, 5) is 16.9. The Balaban J connectivity index is 1.40. The van der Waals surface area contributed by atoms with Crippen LogP contribution in [0.2, 0.25) is 0 Å². The number of oxazole rings is 1. The lowest BCUT2D eigenvalue weighted by atomic mass is 9.77. The SMILES string of the molecule is Cc1ncc(-c2ccc3nnc(CC(=O)C4CCC(CCC(F)F)CC4)cc3c2)o1. The largest absolute Gasteiger partial charge is 0.441 e. The van der Waals surface area contributed by atoms with E-state index < -0.39 is 6.43 Å². The summed E-state index contributed by atoms with van der Waals surface area (Å²) in [6.45, 7) is 1.80. The number of halogens is 2. The van der Waals surface area contributed by atoms with Crippen LogP contribution < -0.4 is 0 Å². The average molecular weight is 413 g/mol. The van der Waals surface area contributed by atoms with Crippen molar-refractivity contribution in [3.63, 3.8) is 0 Å². The predicted octanol–water partition coefficient (Wildman–Crippen LogP) is 5.56. The lowest BCUT2D eigenvalue weighted by molar-refractivity contribution is -0.123. The molecule has 0 spiro atoms. The number of Topliss-reactive ketones (excluding diaryl/α,β-unsaturated/α-hetero) is 1. The van der Waals surface area contributed by atoms with Crippen LogP contribution in [0.4, 0.5) is 8.78 Å². The monoisotopic (exact) mass is 413 g/mol. The molecule has 30 heavy (non-hydrogen) atoms. The van der Waals surface area contributed by atoms with Gasteiger partial charge in [-0.3, -0.25) is 4.79 Å². The Labute approximate surface area is 173 Å². The molecule has 0 amide bonds. The Hall–Kier alpha value is -2.70. The number of rotatable bonds is 7. The number of fused-ring (bicyclic) bond motifs is 1. The van der Waals surface area contributed by atoms with Crippen molar-refractivity contribution in [1.29, 1.82) is 0 Å². The molecule has 1 aliphatic rings. The van der Waals surface area contributed by atoms with Gasteiger partial charge in [0.1, 0.15) is 5.78 Å². The molecule has 0 radical (unpaired) electrons. The second-order valence-electron chi connectivity index (χ2n) is 8.18. The molecule has 1 fully saturated rings. The first kappa shape index (κ1) is 20.6. The fourth-order valence-electron chi connectivity index (χ4n) is 4.28. The summed E-state index contributed by atoms with van der Waals surface area (Å²) in [6, 6.07) is 7.66. The highest BCUT2D eigenvalue weighted by Crippen LogP contribution is 2.33. The quantitative estimate of drug-likeness (QED) is 0.507. The minimum atomic E-state index is -2.23. The van der Waals surface area contributed by atoms with Crippen molar-refractivity contribution in [3.05, 3.63) is 42.0 Å². The predicted molar refractivity (Wildman–Crippen MR) is 109 cm³/mol. The summed E-state index contributed by atoms with van der Waals surface area (Å²) in [5.41, 5.74) is 2.31. The van der Waals surface area contributed by atoms with E-state index in [-0.39, 0.29) is 24.5 Å². The first-order chi connectivity index (χ1) is 14.5. The molecule has 1 aliphatic carbocycles. The maximum atomic E-state index is 12.8. The molecule has 1 aromatic carbocycles. The van der Waals surface area contributed by atoms with Crippen LogP contribution in [0.5, 0.6) is 0 Å². The lowest BCUT2D eigenvalue weighted by Crippen LogP contribution is -2.24. The normalized spacial score (nSPS) is 19.5. The number of ketones is 1. The van der Waals surface area contributed by atoms with Crippen molar-refractivity contribution in [2.45, 2.75) is 58.3 Å². The number of aromatic nitrogens is 3. The van der Waals surface area contributed by atoms with Crippen LogP contribution in [0.3, 0.4) is 0 Å². The van der Waals surface area contributed by atoms with E-state index in [1.54, 1.807) is 13.1 Å². The maximum absolute atomic E-state index is 12.8. The second-order valence-corrected chi connectivity index (χ2v) is 8.18. The van der Waals surface area contributed by atoms with Gasteiger partial charge in [0.05, 0.1) is 23.8 Å². The van der Waals surface area contributed by atoms with E-state index in [1.165, 1.54) is 0 Å². The minimum Gasteiger partial charge on any atom is -0.441 e. The number of carbonyl (C=O) groups excluding carboxylic acids is 1. The minimum absolute atomic E-state index is 0.00574. The number of nitrogens with zero attached hydrogens (tertiary/aromatic N) is 3. The van der Waals surface area contributed by atoms with E-state index in [4.69, 9.17) is 4.42 Å². The molecule has 0 bridgehead atoms. The molecule has 2 heterocycles. The van der Waals surface area contributed by atoms with Gasteiger partial charge in [-0.25, -0.2) is 13.8 Å². The van der Waals surface area contributed by atoms with Crippen LogP contribution in [-0.2, 0) is 11.2 Å². The van der Waals surface area contributed by atoms with E-state index in [0.29, 0.717) is 29.7 Å². The molecule has 4 rings (SSSR count). The standard InChI is InChI=1S/C23H25F2N3O2/c1-14-26-13-22(30-14)17-7-8-20-18(10-17)11-19(27-28-20)12-21(29)16-5-2-15(3-6-16)4-9-23(24)25/h7-8,10-11,13,15-16,23H,2-6,9,12H2,1H3. The van der Waals surface area contributed by atoms with Gasteiger partial charge in [0.2, 0.25) is 6.43 Å². The molecule has 0 saturated heterocycles. The van der Waals surface area contributed by atoms with Crippen LogP contribution in [0.25, 0.3) is 22.2 Å². The molecular formula is C23H25F2N3O2. The zero-order valence-corrected chi connectivity index (χ0v) is 17.0. The highest BCUT2D eigenvalue weighted by molar-refractivity contribution is 5.86. The van der Waals surface area contributed by atoms with Crippen LogP contribution in [0.1, 0.15) is 50.1 Å². The van der Waals surface area contributed by atoms with Crippen LogP contribution in [-0.4, -0.2) is 27.4 Å². The van der Waals surface area contributed by atoms with E-state index in [2.05, 4.69) is 15.2 Å². The summed E-state index contributed by atoms with van der Waals surface area (Å²) in [6.07, 6.45) is 3.50. The van der Waals surface area contributed by atoms with E-state index in [0.717, 1.165) is 42.1 Å². The zero-order chi connectivity index (χ0) is 21.1. The summed E-state index contributed by atoms with van der Waals surface area (Å²) >= 11 is 0. The molecular weight excluding hydrogens is 388 g/mol. The molecule has 0 atom stereocenters. The van der Waals surface area contributed by atoms with Crippen LogP contribution in [0, 0.1) is 18.8 Å². The molecule has 7 heteroatoms. The van der Waals surface area contributed by atoms with Gasteiger partial charge >= 0.3 is 0 Å². The number of benzene rings is 1. The van der Waals surface area contributed by atoms with Crippen molar-refractivity contribution in [1.82, 2.24) is 15.2 Å². The van der Waals surface area contributed by atoms with Gasteiger partial charge in [-0.2, -0.15) is 10.2 Å². The van der Waals surface area contributed by atoms with Gasteiger partial charge in [0, 0.05) is 30.2 Å². The molecule has 158 valence electrons. The van der Waals surface area contributed by atoms with Crippen molar-refractivity contribution in [2.24, 2.45) is 11.8 Å². The van der Waals surface area contributed by atoms with Crippen molar-refractivity contribution >= 4 is 16.7 Å². The Kier molecular flexibility index (Phi) is 6.16. The Morgan fingerprint density at radius 3 is 2.67 bits per heavy atom. The maximum Gasteiger partial charge on any atom is 0.238 e. The topological polar surface area (TPSA) is 68.9 Å². The first-order valence-corrected chi connectivity index (χ1v) is 10.5. The molecule has 0 aliphatic heterocycles. The molecule has 3 aromatic rings. The highest BCUT2D eigenvalue weighted by Gasteiger charge is 2.27. The molecule has 5 nitrogen and oxygen atoms in total. The summed E-state index contributed by atoms with van der Waals surface area (Å²) in [5, 5.41) is 9.37. The number of aryl methyl sites for hydroxylation is 1. The van der Waals surface area contributed by atoms with Gasteiger partial charge in [-0.15, -0.1) is 0 Å². The van der Waals surface area contributed by atoms with Crippen molar-refractivity contribution < 1.29 is 18.0 Å². The van der Waals surface area contributed by atoms with Crippen molar-refractivity contribution in [2.75, 3.05) is 0 Å². The average Bonchev–Trinajstić information content (AvgIpc) is 3.18. The third-order valence-corrected chi connectivity index (χ3v) is 5.99. The number of hydrogen-bond acceptors (Lipinski definition) is 5. The van der Waals surface area contributed by atoms with Gasteiger partial charge in [-0.05, 0) is 62.3 Å². The van der Waals surface area contributed by atoms with E-state index >= 15 is 0 Å². The highest BCUT2D eigenvalue weighted by atomic mass is 19.3. The van der Waals surface area contributed by atoms with Gasteiger partial charge in [-0.1, -0.05) is 0 Å². The third-order valence-electron chi connectivity index (χ3n) is 5.99. The van der Waals surface area contributed by atoms with Gasteiger partial charge in [0.15, 0.2) is 11.7 Å². The molecule has 0 unspecified atom stereocenters. The van der Waals surface area contributed by atoms with Crippen LogP contribution >= 0.6 is 0 Å². The Bertz CT molecular complexity index is 1030. The van der Waals surface area contributed by atoms with Crippen LogP contribution in [0.15, 0.2) is 34.9 Å².